The van der Waals surface area contributed by atoms with Gasteiger partial charge in [-0.3, -0.25) is 4.79 Å². The minimum absolute atomic E-state index is 0.129. The van der Waals surface area contributed by atoms with Gasteiger partial charge >= 0.3 is 12.1 Å². The average Bonchev–Trinajstić information content (AvgIpc) is 3.13. The molecule has 4 nitrogen and oxygen atoms in total. The Kier molecular flexibility index (Phi) is 3.82. The molecule has 1 aliphatic heterocycles. The van der Waals surface area contributed by atoms with Gasteiger partial charge < -0.3 is 10.0 Å². The second-order valence-electron chi connectivity index (χ2n) is 6.06. The number of rotatable bonds is 3. The molecule has 1 saturated carbocycles. The van der Waals surface area contributed by atoms with Crippen LogP contribution < -0.4 is 0 Å². The number of carboxylic acid groups (broad SMARTS) is 1. The van der Waals surface area contributed by atoms with Gasteiger partial charge in [-0.05, 0) is 36.8 Å². The molecule has 3 atom stereocenters. The summed E-state index contributed by atoms with van der Waals surface area (Å²) in [5, 5.41) is 9.13. The molecule has 1 saturated heterocycles. The molecular formula is C16H16F3NO3. The van der Waals surface area contributed by atoms with E-state index in [4.69, 9.17) is 5.11 Å². The number of carbonyl (C=O) groups is 2. The highest BCUT2D eigenvalue weighted by molar-refractivity contribution is 5.88. The quantitative estimate of drug-likeness (QED) is 0.929. The number of hydrogen-bond acceptors (Lipinski definition) is 2. The van der Waals surface area contributed by atoms with E-state index in [1.165, 1.54) is 23.1 Å². The van der Waals surface area contributed by atoms with E-state index in [0.29, 0.717) is 25.8 Å². The number of halogens is 3. The highest BCUT2D eigenvalue weighted by Crippen LogP contribution is 2.52. The van der Waals surface area contributed by atoms with Crippen LogP contribution in [0.2, 0.25) is 0 Å². The lowest BCUT2D eigenvalue weighted by atomic mass is 10.0. The third kappa shape index (κ3) is 2.92. The first-order chi connectivity index (χ1) is 10.8. The van der Waals surface area contributed by atoms with Gasteiger partial charge in [-0.2, -0.15) is 13.2 Å². The Morgan fingerprint density at radius 2 is 1.91 bits per heavy atom. The number of aliphatic carboxylic acids is 1. The van der Waals surface area contributed by atoms with Crippen LogP contribution in [0, 0.1) is 5.92 Å². The summed E-state index contributed by atoms with van der Waals surface area (Å²) >= 11 is 0. The molecule has 1 N–H and O–H groups in total. The van der Waals surface area contributed by atoms with E-state index >= 15 is 0 Å². The summed E-state index contributed by atoms with van der Waals surface area (Å²) in [5.74, 6) is -2.41. The smallest absolute Gasteiger partial charge is 0.416 e. The standard InChI is InChI=1S/C16H16F3NO3/c17-16(18,19)12-5-2-1-4-9(12)10-8-11(10)14(21)20-7-3-6-13(20)15(22)23/h1-2,4-5,10-11,13H,3,6-8H2,(H,22,23)/t10-,11+,13+/m0/s1. The summed E-state index contributed by atoms with van der Waals surface area (Å²) in [4.78, 5) is 24.9. The molecule has 1 aromatic rings. The molecule has 1 heterocycles. The van der Waals surface area contributed by atoms with Gasteiger partial charge in [0.15, 0.2) is 0 Å². The topological polar surface area (TPSA) is 57.6 Å². The summed E-state index contributed by atoms with van der Waals surface area (Å²) in [5.41, 5.74) is -0.582. The molecule has 7 heteroatoms. The first-order valence-electron chi connectivity index (χ1n) is 7.50. The van der Waals surface area contributed by atoms with Crippen LogP contribution >= 0.6 is 0 Å². The number of carbonyl (C=O) groups excluding carboxylic acids is 1. The van der Waals surface area contributed by atoms with Crippen molar-refractivity contribution in [2.75, 3.05) is 6.54 Å². The molecule has 0 unspecified atom stereocenters. The highest BCUT2D eigenvalue weighted by Gasteiger charge is 2.51. The fraction of sp³-hybridized carbons (Fsp3) is 0.500. The maximum Gasteiger partial charge on any atom is 0.416 e. The molecule has 1 amide bonds. The molecule has 1 aromatic carbocycles. The molecule has 3 rings (SSSR count). The van der Waals surface area contributed by atoms with E-state index < -0.39 is 35.6 Å². The molecule has 124 valence electrons. The van der Waals surface area contributed by atoms with Gasteiger partial charge in [0.25, 0.3) is 0 Å². The van der Waals surface area contributed by atoms with Crippen LogP contribution in [0.5, 0.6) is 0 Å². The molecule has 23 heavy (non-hydrogen) atoms. The maximum absolute atomic E-state index is 13.1. The van der Waals surface area contributed by atoms with Crippen molar-refractivity contribution in [1.29, 1.82) is 0 Å². The number of likely N-dealkylation sites (tertiary alicyclic amines) is 1. The van der Waals surface area contributed by atoms with Gasteiger partial charge in [0.05, 0.1) is 5.56 Å². The summed E-state index contributed by atoms with van der Waals surface area (Å²) in [6.07, 6.45) is -3.10. The Morgan fingerprint density at radius 1 is 1.22 bits per heavy atom. The summed E-state index contributed by atoms with van der Waals surface area (Å²) in [6, 6.07) is 4.43. The molecule has 0 spiro atoms. The third-order valence-corrected chi connectivity index (χ3v) is 4.59. The van der Waals surface area contributed by atoms with Crippen molar-refractivity contribution in [2.45, 2.75) is 37.4 Å². The van der Waals surface area contributed by atoms with Crippen LogP contribution in [-0.2, 0) is 15.8 Å². The monoisotopic (exact) mass is 327 g/mol. The van der Waals surface area contributed by atoms with Crippen molar-refractivity contribution in [1.82, 2.24) is 4.90 Å². The largest absolute Gasteiger partial charge is 0.480 e. The zero-order valence-corrected chi connectivity index (χ0v) is 12.2. The Bertz CT molecular complexity index is 644. The summed E-state index contributed by atoms with van der Waals surface area (Å²) in [7, 11) is 0. The van der Waals surface area contributed by atoms with Crippen molar-refractivity contribution in [3.8, 4) is 0 Å². The van der Waals surface area contributed by atoms with Gasteiger partial charge in [-0.1, -0.05) is 18.2 Å². The van der Waals surface area contributed by atoms with Crippen molar-refractivity contribution in [3.05, 3.63) is 35.4 Å². The van der Waals surface area contributed by atoms with Crippen molar-refractivity contribution in [2.24, 2.45) is 5.92 Å². The van der Waals surface area contributed by atoms with Crippen LogP contribution in [0.25, 0.3) is 0 Å². The van der Waals surface area contributed by atoms with Gasteiger partial charge in [-0.25, -0.2) is 4.79 Å². The Hall–Kier alpha value is -2.05. The Morgan fingerprint density at radius 3 is 2.57 bits per heavy atom. The second-order valence-corrected chi connectivity index (χ2v) is 6.06. The number of hydrogen-bond donors (Lipinski definition) is 1. The molecule has 1 aliphatic carbocycles. The molecule has 0 bridgehead atoms. The number of nitrogens with zero attached hydrogens (tertiary/aromatic N) is 1. The van der Waals surface area contributed by atoms with Crippen LogP contribution in [0.15, 0.2) is 24.3 Å². The predicted octanol–water partition coefficient (Wildman–Crippen LogP) is 2.88. The zero-order valence-electron chi connectivity index (χ0n) is 12.2. The Labute approximate surface area is 130 Å². The zero-order chi connectivity index (χ0) is 16.8. The van der Waals surface area contributed by atoms with Crippen molar-refractivity contribution < 1.29 is 27.9 Å². The van der Waals surface area contributed by atoms with Crippen LogP contribution in [0.1, 0.15) is 36.3 Å². The molecule has 0 aromatic heterocycles. The van der Waals surface area contributed by atoms with Crippen molar-refractivity contribution in [3.63, 3.8) is 0 Å². The molecule has 2 fully saturated rings. The molecular weight excluding hydrogens is 311 g/mol. The SMILES string of the molecule is O=C(O)[C@H]1CCCN1C(=O)[C@@H]1C[C@H]1c1ccccc1C(F)(F)F. The number of alkyl halides is 3. The van der Waals surface area contributed by atoms with Gasteiger partial charge in [0, 0.05) is 12.5 Å². The predicted molar refractivity (Wildman–Crippen MR) is 74.7 cm³/mol. The van der Waals surface area contributed by atoms with Crippen molar-refractivity contribution >= 4 is 11.9 Å². The average molecular weight is 327 g/mol. The van der Waals surface area contributed by atoms with E-state index in [2.05, 4.69) is 0 Å². The number of benzene rings is 1. The van der Waals surface area contributed by atoms with Crippen LogP contribution in [0.3, 0.4) is 0 Å². The lowest BCUT2D eigenvalue weighted by Crippen LogP contribution is -2.41. The number of carboxylic acids is 1. The van der Waals surface area contributed by atoms with Gasteiger partial charge in [0.1, 0.15) is 6.04 Å². The first kappa shape index (κ1) is 15.8. The van der Waals surface area contributed by atoms with Crippen LogP contribution in [0.4, 0.5) is 13.2 Å². The fourth-order valence-corrected chi connectivity index (χ4v) is 3.39. The first-order valence-corrected chi connectivity index (χ1v) is 7.50. The fourth-order valence-electron chi connectivity index (χ4n) is 3.39. The van der Waals surface area contributed by atoms with E-state index in [1.807, 2.05) is 0 Å². The minimum atomic E-state index is -4.45. The molecule has 2 aliphatic rings. The summed E-state index contributed by atoms with van der Waals surface area (Å²) in [6.45, 7) is 0.361. The third-order valence-electron chi connectivity index (χ3n) is 4.59. The number of amides is 1. The highest BCUT2D eigenvalue weighted by atomic mass is 19.4. The Balaban J connectivity index is 1.78. The van der Waals surface area contributed by atoms with E-state index in [0.717, 1.165) is 6.07 Å². The molecule has 0 radical (unpaired) electrons. The van der Waals surface area contributed by atoms with E-state index in [1.54, 1.807) is 0 Å². The van der Waals surface area contributed by atoms with Gasteiger partial charge in [-0.15, -0.1) is 0 Å². The van der Waals surface area contributed by atoms with Gasteiger partial charge in [0.2, 0.25) is 5.91 Å². The van der Waals surface area contributed by atoms with E-state index in [9.17, 15) is 22.8 Å². The van der Waals surface area contributed by atoms with Crippen LogP contribution in [-0.4, -0.2) is 34.5 Å². The minimum Gasteiger partial charge on any atom is -0.480 e. The second kappa shape index (κ2) is 5.54. The van der Waals surface area contributed by atoms with E-state index in [-0.39, 0.29) is 11.5 Å². The summed E-state index contributed by atoms with van der Waals surface area (Å²) < 4.78 is 39.2. The lowest BCUT2D eigenvalue weighted by molar-refractivity contribution is -0.148. The normalized spacial score (nSPS) is 27.1. The maximum atomic E-state index is 13.1. The lowest BCUT2D eigenvalue weighted by Gasteiger charge is -2.21.